The van der Waals surface area contributed by atoms with E-state index in [1.165, 1.54) is 0 Å². The second kappa shape index (κ2) is 9.99. The second-order valence-electron chi connectivity index (χ2n) is 8.69. The van der Waals surface area contributed by atoms with Crippen LogP contribution < -0.4 is 9.64 Å². The van der Waals surface area contributed by atoms with E-state index in [0.717, 1.165) is 26.8 Å². The topological polar surface area (TPSA) is 71.3 Å². The van der Waals surface area contributed by atoms with Crippen LogP contribution in [0.1, 0.15) is 11.1 Å². The van der Waals surface area contributed by atoms with Gasteiger partial charge in [-0.2, -0.15) is 4.31 Å². The maximum atomic E-state index is 13.1. The molecule has 8 heteroatoms. The fourth-order valence-electron chi connectivity index (χ4n) is 4.38. The predicted octanol–water partition coefficient (Wildman–Crippen LogP) is 2.44. The van der Waals surface area contributed by atoms with E-state index in [-0.39, 0.29) is 6.61 Å². The number of ether oxygens (including phenoxy) is 1. The van der Waals surface area contributed by atoms with Gasteiger partial charge in [-0.3, -0.25) is 0 Å². The number of halogens is 1. The highest BCUT2D eigenvalue weighted by atomic mass is 35.5. The van der Waals surface area contributed by atoms with Crippen molar-refractivity contribution < 1.29 is 23.2 Å². The highest BCUT2D eigenvalue weighted by molar-refractivity contribution is 7.89. The van der Waals surface area contributed by atoms with Gasteiger partial charge < -0.3 is 14.7 Å². The van der Waals surface area contributed by atoms with Crippen molar-refractivity contribution in [1.82, 2.24) is 4.31 Å². The lowest BCUT2D eigenvalue weighted by atomic mass is 10.1. The molecule has 1 saturated heterocycles. The van der Waals surface area contributed by atoms with Crippen molar-refractivity contribution in [2.45, 2.75) is 24.8 Å². The molecule has 1 aliphatic heterocycles. The van der Waals surface area contributed by atoms with Crippen molar-refractivity contribution in [2.75, 3.05) is 39.3 Å². The Morgan fingerprint density at radius 2 is 1.82 bits per heavy atom. The number of sulfonamides is 1. The monoisotopic (exact) mass is 489 g/mol. The highest BCUT2D eigenvalue weighted by Crippen LogP contribution is 2.32. The molecule has 0 bridgehead atoms. The summed E-state index contributed by atoms with van der Waals surface area (Å²) >= 11 is 6.47. The van der Waals surface area contributed by atoms with Crippen molar-refractivity contribution in [1.29, 1.82) is 0 Å². The molecule has 33 heavy (non-hydrogen) atoms. The van der Waals surface area contributed by atoms with Gasteiger partial charge in [0.1, 0.15) is 25.0 Å². The van der Waals surface area contributed by atoms with Gasteiger partial charge in [0.25, 0.3) is 0 Å². The van der Waals surface area contributed by atoms with Gasteiger partial charge in [-0.15, -0.1) is 0 Å². The summed E-state index contributed by atoms with van der Waals surface area (Å²) in [5.74, 6) is 0.550. The third kappa shape index (κ3) is 5.34. The lowest BCUT2D eigenvalue weighted by Gasteiger charge is -2.32. The minimum atomic E-state index is -3.51. The number of piperazine rings is 1. The first-order valence-corrected chi connectivity index (χ1v) is 13.0. The number of fused-ring (bicyclic) bond motifs is 1. The first-order chi connectivity index (χ1) is 15.8. The quantitative estimate of drug-likeness (QED) is 0.535. The molecule has 3 aromatic carbocycles. The van der Waals surface area contributed by atoms with Gasteiger partial charge in [-0.05, 0) is 36.9 Å². The number of aliphatic hydroxyl groups is 1. The van der Waals surface area contributed by atoms with Gasteiger partial charge >= 0.3 is 0 Å². The van der Waals surface area contributed by atoms with Crippen LogP contribution in [0.15, 0.2) is 59.5 Å². The fourth-order valence-corrected chi connectivity index (χ4v) is 6.31. The van der Waals surface area contributed by atoms with Crippen LogP contribution in [0.25, 0.3) is 10.8 Å². The lowest BCUT2D eigenvalue weighted by Crippen LogP contribution is -3.15. The predicted molar refractivity (Wildman–Crippen MR) is 131 cm³/mol. The fraction of sp³-hybridized carbons (Fsp3) is 0.360. The number of rotatable bonds is 7. The summed E-state index contributed by atoms with van der Waals surface area (Å²) in [7, 11) is -3.51. The number of nitrogens with one attached hydrogen (secondary N) is 1. The average Bonchev–Trinajstić information content (AvgIpc) is 2.79. The number of aliphatic hydroxyl groups excluding tert-OH is 1. The van der Waals surface area contributed by atoms with E-state index in [9.17, 15) is 13.5 Å². The summed E-state index contributed by atoms with van der Waals surface area (Å²) < 4.78 is 33.5. The standard InChI is InChI=1S/C25H29ClN2O4S/c1-18-7-10-24(19(2)15-18)33(30,31)28-13-11-27(12-14-28)16-21(29)17-32-23-9-8-20-5-3-4-6-22(20)25(23)26/h3-10,15,21,29H,11-14,16-17H2,1-2H3/p+1. The van der Waals surface area contributed by atoms with Crippen LogP contribution in [0.2, 0.25) is 5.02 Å². The molecule has 1 heterocycles. The van der Waals surface area contributed by atoms with E-state index >= 15 is 0 Å². The molecule has 1 fully saturated rings. The number of aryl methyl sites for hydroxylation is 2. The normalized spacial score (nSPS) is 16.7. The molecule has 0 amide bonds. The first kappa shape index (κ1) is 24.0. The number of hydrogen-bond acceptors (Lipinski definition) is 4. The van der Waals surface area contributed by atoms with Gasteiger partial charge in [0.05, 0.1) is 36.1 Å². The average molecular weight is 490 g/mol. The molecule has 1 unspecified atom stereocenters. The van der Waals surface area contributed by atoms with Crippen molar-refractivity contribution in [3.8, 4) is 5.75 Å². The molecule has 0 radical (unpaired) electrons. The molecule has 0 spiro atoms. The van der Waals surface area contributed by atoms with E-state index in [0.29, 0.717) is 48.4 Å². The summed E-state index contributed by atoms with van der Waals surface area (Å²) in [4.78, 5) is 1.53. The molecule has 0 saturated carbocycles. The van der Waals surface area contributed by atoms with Crippen molar-refractivity contribution in [3.63, 3.8) is 0 Å². The van der Waals surface area contributed by atoms with Gasteiger partial charge in [0, 0.05) is 5.39 Å². The van der Waals surface area contributed by atoms with E-state index in [1.54, 1.807) is 10.4 Å². The number of quaternary nitrogens is 1. The smallest absolute Gasteiger partial charge is 0.243 e. The Morgan fingerprint density at radius 1 is 1.09 bits per heavy atom. The molecule has 1 atom stereocenters. The van der Waals surface area contributed by atoms with Crippen LogP contribution in [-0.2, 0) is 10.0 Å². The Balaban J connectivity index is 1.30. The van der Waals surface area contributed by atoms with Gasteiger partial charge in [0.15, 0.2) is 0 Å². The molecule has 0 aromatic heterocycles. The highest BCUT2D eigenvalue weighted by Gasteiger charge is 2.32. The minimum Gasteiger partial charge on any atom is -0.489 e. The van der Waals surface area contributed by atoms with Crippen LogP contribution in [0.4, 0.5) is 0 Å². The molecule has 3 aromatic rings. The maximum Gasteiger partial charge on any atom is 0.243 e. The Hall–Kier alpha value is -2.16. The van der Waals surface area contributed by atoms with Crippen molar-refractivity contribution in [3.05, 3.63) is 70.7 Å². The Morgan fingerprint density at radius 3 is 2.55 bits per heavy atom. The summed E-state index contributed by atoms with van der Waals surface area (Å²) in [6.07, 6.45) is -0.676. The molecular formula is C25H30ClN2O4S+. The Bertz CT molecular complexity index is 1240. The van der Waals surface area contributed by atoms with E-state index in [4.69, 9.17) is 16.3 Å². The van der Waals surface area contributed by atoms with Gasteiger partial charge in [-0.1, -0.05) is 59.6 Å². The molecule has 0 aliphatic carbocycles. The van der Waals surface area contributed by atoms with Gasteiger partial charge in [-0.25, -0.2) is 8.42 Å². The first-order valence-electron chi connectivity index (χ1n) is 11.1. The van der Waals surface area contributed by atoms with Crippen LogP contribution in [-0.4, -0.2) is 63.3 Å². The van der Waals surface area contributed by atoms with E-state index in [1.807, 2.05) is 62.4 Å². The second-order valence-corrected chi connectivity index (χ2v) is 11.0. The third-order valence-corrected chi connectivity index (χ3v) is 8.61. The van der Waals surface area contributed by atoms with Crippen LogP contribution in [0.5, 0.6) is 5.75 Å². The Kier molecular flexibility index (Phi) is 7.26. The SMILES string of the molecule is Cc1ccc(S(=O)(=O)N2CC[NH+](CC(O)COc3ccc4ccccc4c3Cl)CC2)c(C)c1. The molecule has 1 aliphatic rings. The van der Waals surface area contributed by atoms with Crippen molar-refractivity contribution in [2.24, 2.45) is 0 Å². The summed E-state index contributed by atoms with van der Waals surface area (Å²) in [5.41, 5.74) is 1.81. The molecular weight excluding hydrogens is 460 g/mol. The zero-order valence-corrected chi connectivity index (χ0v) is 20.5. The van der Waals surface area contributed by atoms with Crippen LogP contribution in [0, 0.1) is 13.8 Å². The Labute approximate surface area is 200 Å². The minimum absolute atomic E-state index is 0.131. The summed E-state index contributed by atoms with van der Waals surface area (Å²) in [6.45, 7) is 6.53. The zero-order chi connectivity index (χ0) is 23.6. The van der Waals surface area contributed by atoms with E-state index in [2.05, 4.69) is 0 Å². The summed E-state index contributed by atoms with van der Waals surface area (Å²) in [6, 6.07) is 17.0. The number of benzene rings is 3. The number of nitrogens with zero attached hydrogens (tertiary/aromatic N) is 1. The molecule has 6 nitrogen and oxygen atoms in total. The third-order valence-electron chi connectivity index (χ3n) is 6.16. The van der Waals surface area contributed by atoms with E-state index < -0.39 is 16.1 Å². The largest absolute Gasteiger partial charge is 0.489 e. The van der Waals surface area contributed by atoms with Crippen LogP contribution >= 0.6 is 11.6 Å². The zero-order valence-electron chi connectivity index (χ0n) is 18.9. The summed E-state index contributed by atoms with van der Waals surface area (Å²) in [5, 5.41) is 13.0. The molecule has 176 valence electrons. The molecule has 2 N–H and O–H groups in total. The number of hydrogen-bond donors (Lipinski definition) is 2. The maximum absolute atomic E-state index is 13.1. The molecule has 4 rings (SSSR count). The van der Waals surface area contributed by atoms with Gasteiger partial charge in [0.2, 0.25) is 10.0 Å². The lowest BCUT2D eigenvalue weighted by molar-refractivity contribution is -0.906. The van der Waals surface area contributed by atoms with Crippen LogP contribution in [0.3, 0.4) is 0 Å². The van der Waals surface area contributed by atoms with Crippen molar-refractivity contribution >= 4 is 32.4 Å².